The summed E-state index contributed by atoms with van der Waals surface area (Å²) in [7, 11) is 3.07. The molecule has 0 fully saturated rings. The molecule has 0 aliphatic heterocycles. The maximum Gasteiger partial charge on any atom is 0.169 e. The Hall–Kier alpha value is -1.07. The predicted octanol–water partition coefficient (Wildman–Crippen LogP) is 2.00. The minimum atomic E-state index is -0.0647. The van der Waals surface area contributed by atoms with Crippen molar-refractivity contribution in [2.45, 2.75) is 6.42 Å². The third kappa shape index (κ3) is 2.54. The van der Waals surface area contributed by atoms with Crippen molar-refractivity contribution in [1.82, 2.24) is 0 Å². The van der Waals surface area contributed by atoms with Gasteiger partial charge >= 0.3 is 0 Å². The number of nitrogens with two attached hydrogens (primary N) is 1. The fourth-order valence-electron chi connectivity index (χ4n) is 1.38. The van der Waals surface area contributed by atoms with Crippen molar-refractivity contribution in [2.75, 3.05) is 20.8 Å². The van der Waals surface area contributed by atoms with Crippen LogP contribution in [0.3, 0.4) is 0 Å². The SMILES string of the molecule is COc1ccc(OC)c(C(=O)CCN)c1Br. The van der Waals surface area contributed by atoms with E-state index < -0.39 is 0 Å². The summed E-state index contributed by atoms with van der Waals surface area (Å²) in [6, 6.07) is 3.44. The van der Waals surface area contributed by atoms with Crippen molar-refractivity contribution < 1.29 is 14.3 Å². The van der Waals surface area contributed by atoms with Crippen molar-refractivity contribution in [1.29, 1.82) is 0 Å². The summed E-state index contributed by atoms with van der Waals surface area (Å²) in [5, 5.41) is 0. The average Bonchev–Trinajstić information content (AvgIpc) is 2.28. The summed E-state index contributed by atoms with van der Waals surface area (Å²) in [5.74, 6) is 1.05. The topological polar surface area (TPSA) is 61.5 Å². The van der Waals surface area contributed by atoms with E-state index in [-0.39, 0.29) is 12.2 Å². The Morgan fingerprint density at radius 3 is 2.38 bits per heavy atom. The van der Waals surface area contributed by atoms with E-state index in [1.807, 2.05) is 0 Å². The van der Waals surface area contributed by atoms with E-state index in [0.29, 0.717) is 28.1 Å². The predicted molar refractivity (Wildman–Crippen MR) is 65.2 cm³/mol. The molecule has 0 atom stereocenters. The van der Waals surface area contributed by atoms with Crippen molar-refractivity contribution in [3.8, 4) is 11.5 Å². The number of carbonyl (C=O) groups is 1. The van der Waals surface area contributed by atoms with Crippen LogP contribution in [0.2, 0.25) is 0 Å². The number of halogens is 1. The first-order valence-electron chi connectivity index (χ1n) is 4.79. The molecule has 2 N–H and O–H groups in total. The van der Waals surface area contributed by atoms with Crippen LogP contribution in [0.1, 0.15) is 16.8 Å². The van der Waals surface area contributed by atoms with E-state index in [4.69, 9.17) is 15.2 Å². The molecule has 0 radical (unpaired) electrons. The minimum Gasteiger partial charge on any atom is -0.496 e. The minimum absolute atomic E-state index is 0.0647. The highest BCUT2D eigenvalue weighted by molar-refractivity contribution is 9.10. The summed E-state index contributed by atoms with van der Waals surface area (Å²) in [6.07, 6.45) is 0.280. The number of methoxy groups -OCH3 is 2. The molecule has 5 heteroatoms. The first kappa shape index (κ1) is 13.0. The van der Waals surface area contributed by atoms with Gasteiger partial charge in [0, 0.05) is 6.42 Å². The first-order valence-corrected chi connectivity index (χ1v) is 5.58. The number of hydrogen-bond donors (Lipinski definition) is 1. The molecule has 0 saturated heterocycles. The lowest BCUT2D eigenvalue weighted by Crippen LogP contribution is -2.10. The van der Waals surface area contributed by atoms with Crippen LogP contribution in [0.5, 0.6) is 11.5 Å². The van der Waals surface area contributed by atoms with Gasteiger partial charge in [0.25, 0.3) is 0 Å². The molecular formula is C11H14BrNO3. The van der Waals surface area contributed by atoms with Gasteiger partial charge in [-0.05, 0) is 34.6 Å². The van der Waals surface area contributed by atoms with Gasteiger partial charge < -0.3 is 15.2 Å². The molecule has 0 heterocycles. The maximum absolute atomic E-state index is 11.9. The number of hydrogen-bond acceptors (Lipinski definition) is 4. The molecule has 0 amide bonds. The zero-order valence-electron chi connectivity index (χ0n) is 9.25. The Bertz CT molecular complexity index is 393. The summed E-state index contributed by atoms with van der Waals surface area (Å²) in [5.41, 5.74) is 5.85. The monoisotopic (exact) mass is 287 g/mol. The lowest BCUT2D eigenvalue weighted by atomic mass is 10.1. The standard InChI is InChI=1S/C11H14BrNO3/c1-15-8-3-4-9(16-2)11(12)10(8)7(14)5-6-13/h3-4H,5-6,13H2,1-2H3. The lowest BCUT2D eigenvalue weighted by Gasteiger charge is -2.12. The number of benzene rings is 1. The van der Waals surface area contributed by atoms with E-state index >= 15 is 0 Å². The Balaban J connectivity index is 3.26. The van der Waals surface area contributed by atoms with Gasteiger partial charge in [0.1, 0.15) is 11.5 Å². The number of ether oxygens (including phenoxy) is 2. The van der Waals surface area contributed by atoms with Gasteiger partial charge in [-0.15, -0.1) is 0 Å². The first-order chi connectivity index (χ1) is 7.65. The van der Waals surface area contributed by atoms with Crippen molar-refractivity contribution >= 4 is 21.7 Å². The largest absolute Gasteiger partial charge is 0.496 e. The molecule has 0 aromatic heterocycles. The van der Waals surface area contributed by atoms with E-state index in [0.717, 1.165) is 0 Å². The highest BCUT2D eigenvalue weighted by Crippen LogP contribution is 2.35. The summed E-state index contributed by atoms with van der Waals surface area (Å²) in [6.45, 7) is 0.311. The highest BCUT2D eigenvalue weighted by Gasteiger charge is 2.18. The second kappa shape index (κ2) is 5.86. The van der Waals surface area contributed by atoms with Gasteiger partial charge in [0.15, 0.2) is 5.78 Å². The normalized spacial score (nSPS) is 10.0. The lowest BCUT2D eigenvalue weighted by molar-refractivity contribution is 0.0981. The van der Waals surface area contributed by atoms with Crippen LogP contribution in [0.25, 0.3) is 0 Å². The number of rotatable bonds is 5. The summed E-state index contributed by atoms with van der Waals surface area (Å²) < 4.78 is 10.9. The molecule has 0 aliphatic rings. The van der Waals surface area contributed by atoms with E-state index in [9.17, 15) is 4.79 Å². The van der Waals surface area contributed by atoms with E-state index in [1.54, 1.807) is 19.2 Å². The van der Waals surface area contributed by atoms with Crippen LogP contribution in [0, 0.1) is 0 Å². The molecule has 1 aromatic carbocycles. The van der Waals surface area contributed by atoms with Crippen LogP contribution in [0.4, 0.5) is 0 Å². The highest BCUT2D eigenvalue weighted by atomic mass is 79.9. The molecule has 16 heavy (non-hydrogen) atoms. The summed E-state index contributed by atoms with van der Waals surface area (Å²) in [4.78, 5) is 11.9. The third-order valence-electron chi connectivity index (χ3n) is 2.16. The number of Topliss-reactive ketones (excluding diaryl/α,β-unsaturated/α-hetero) is 1. The molecule has 0 aliphatic carbocycles. The fraction of sp³-hybridized carbons (Fsp3) is 0.364. The van der Waals surface area contributed by atoms with Crippen LogP contribution in [-0.4, -0.2) is 26.5 Å². The Morgan fingerprint density at radius 1 is 1.31 bits per heavy atom. The van der Waals surface area contributed by atoms with Gasteiger partial charge in [-0.3, -0.25) is 4.79 Å². The van der Waals surface area contributed by atoms with E-state index in [1.165, 1.54) is 7.11 Å². The fourth-order valence-corrected chi connectivity index (χ4v) is 2.09. The molecular weight excluding hydrogens is 274 g/mol. The van der Waals surface area contributed by atoms with Crippen LogP contribution < -0.4 is 15.2 Å². The maximum atomic E-state index is 11.9. The molecule has 1 rings (SSSR count). The van der Waals surface area contributed by atoms with Gasteiger partial charge in [-0.25, -0.2) is 0 Å². The number of carbonyl (C=O) groups excluding carboxylic acids is 1. The molecule has 0 unspecified atom stereocenters. The Morgan fingerprint density at radius 2 is 1.88 bits per heavy atom. The zero-order valence-corrected chi connectivity index (χ0v) is 10.8. The van der Waals surface area contributed by atoms with Gasteiger partial charge in [0.2, 0.25) is 0 Å². The molecule has 4 nitrogen and oxygen atoms in total. The molecule has 0 spiro atoms. The van der Waals surface area contributed by atoms with Gasteiger partial charge in [0.05, 0.1) is 24.3 Å². The Labute approximate surface area is 103 Å². The number of ketones is 1. The second-order valence-electron chi connectivity index (χ2n) is 3.12. The third-order valence-corrected chi connectivity index (χ3v) is 2.95. The van der Waals surface area contributed by atoms with E-state index in [2.05, 4.69) is 15.9 Å². The molecule has 0 saturated carbocycles. The Kier molecular flexibility index (Phi) is 4.76. The van der Waals surface area contributed by atoms with Gasteiger partial charge in [-0.2, -0.15) is 0 Å². The second-order valence-corrected chi connectivity index (χ2v) is 3.91. The van der Waals surface area contributed by atoms with Gasteiger partial charge in [-0.1, -0.05) is 0 Å². The van der Waals surface area contributed by atoms with Crippen molar-refractivity contribution in [2.24, 2.45) is 5.73 Å². The van der Waals surface area contributed by atoms with Crippen LogP contribution >= 0.6 is 15.9 Å². The van der Waals surface area contributed by atoms with Crippen LogP contribution in [0.15, 0.2) is 16.6 Å². The zero-order chi connectivity index (χ0) is 12.1. The van der Waals surface area contributed by atoms with Crippen molar-refractivity contribution in [3.63, 3.8) is 0 Å². The summed E-state index contributed by atoms with van der Waals surface area (Å²) >= 11 is 3.34. The van der Waals surface area contributed by atoms with Crippen LogP contribution in [-0.2, 0) is 0 Å². The molecule has 0 bridgehead atoms. The average molecular weight is 288 g/mol. The molecule has 1 aromatic rings. The smallest absolute Gasteiger partial charge is 0.169 e. The molecule has 88 valence electrons. The quantitative estimate of drug-likeness (QED) is 0.842. The van der Waals surface area contributed by atoms with Crippen molar-refractivity contribution in [3.05, 3.63) is 22.2 Å².